The minimum Gasteiger partial charge on any atom is -0.371 e. The van der Waals surface area contributed by atoms with Crippen LogP contribution < -0.4 is 4.90 Å². The summed E-state index contributed by atoms with van der Waals surface area (Å²) in [6.45, 7) is 4.18. The van der Waals surface area contributed by atoms with E-state index in [-0.39, 0.29) is 10.6 Å². The molecule has 0 amide bonds. The maximum Gasteiger partial charge on any atom is 0.269 e. The Morgan fingerprint density at radius 3 is 2.72 bits per heavy atom. The van der Waals surface area contributed by atoms with Crippen molar-refractivity contribution in [3.63, 3.8) is 0 Å². The average Bonchev–Trinajstić information content (AvgIpc) is 3.08. The van der Waals surface area contributed by atoms with Crippen LogP contribution in [0.25, 0.3) is 0 Å². The monoisotopic (exact) mass is 246 g/mol. The summed E-state index contributed by atoms with van der Waals surface area (Å²) in [5.74, 6) is 0. The zero-order chi connectivity index (χ0) is 12.8. The van der Waals surface area contributed by atoms with Crippen LogP contribution >= 0.6 is 0 Å². The molecule has 4 nitrogen and oxygen atoms in total. The molecular weight excluding hydrogens is 228 g/mol. The third-order valence-electron chi connectivity index (χ3n) is 4.35. The summed E-state index contributed by atoms with van der Waals surface area (Å²) < 4.78 is 0. The summed E-state index contributed by atoms with van der Waals surface area (Å²) >= 11 is 0. The fourth-order valence-corrected chi connectivity index (χ4v) is 3.11. The summed E-state index contributed by atoms with van der Waals surface area (Å²) in [7, 11) is 0. The molecule has 1 aromatic carbocycles. The summed E-state index contributed by atoms with van der Waals surface area (Å²) in [6, 6.07) is 5.22. The molecule has 4 heteroatoms. The SMILES string of the molecule is Cc1cc([N+](=O)[O-])ccc1N1CCCC2(CC2)C1. The Kier molecular flexibility index (Phi) is 2.54. The van der Waals surface area contributed by atoms with Gasteiger partial charge >= 0.3 is 0 Å². The van der Waals surface area contributed by atoms with Gasteiger partial charge in [-0.05, 0) is 49.7 Å². The highest BCUT2D eigenvalue weighted by atomic mass is 16.6. The molecule has 1 spiro atoms. The lowest BCUT2D eigenvalue weighted by Gasteiger charge is -2.35. The Balaban J connectivity index is 1.85. The normalized spacial score (nSPS) is 21.1. The molecule has 1 aliphatic heterocycles. The summed E-state index contributed by atoms with van der Waals surface area (Å²) in [5, 5.41) is 10.7. The number of piperidine rings is 1. The van der Waals surface area contributed by atoms with Crippen molar-refractivity contribution >= 4 is 11.4 Å². The lowest BCUT2D eigenvalue weighted by Crippen LogP contribution is -2.36. The first-order valence-corrected chi connectivity index (χ1v) is 6.60. The first-order chi connectivity index (χ1) is 8.60. The number of hydrogen-bond acceptors (Lipinski definition) is 3. The number of anilines is 1. The third-order valence-corrected chi connectivity index (χ3v) is 4.35. The van der Waals surface area contributed by atoms with Crippen molar-refractivity contribution < 1.29 is 4.92 Å². The number of benzene rings is 1. The van der Waals surface area contributed by atoms with Gasteiger partial charge in [0.1, 0.15) is 0 Å². The van der Waals surface area contributed by atoms with Gasteiger partial charge in [0.05, 0.1) is 4.92 Å². The zero-order valence-electron chi connectivity index (χ0n) is 10.7. The van der Waals surface area contributed by atoms with Crippen LogP contribution in [-0.4, -0.2) is 18.0 Å². The lowest BCUT2D eigenvalue weighted by molar-refractivity contribution is -0.384. The van der Waals surface area contributed by atoms with Crippen LogP contribution in [0.1, 0.15) is 31.2 Å². The Morgan fingerprint density at radius 1 is 1.33 bits per heavy atom. The van der Waals surface area contributed by atoms with Crippen molar-refractivity contribution in [2.24, 2.45) is 5.41 Å². The van der Waals surface area contributed by atoms with Crippen molar-refractivity contribution in [1.82, 2.24) is 0 Å². The van der Waals surface area contributed by atoms with E-state index in [2.05, 4.69) is 4.90 Å². The van der Waals surface area contributed by atoms with E-state index in [1.807, 2.05) is 13.0 Å². The molecule has 0 bridgehead atoms. The van der Waals surface area contributed by atoms with E-state index in [9.17, 15) is 10.1 Å². The van der Waals surface area contributed by atoms with Crippen molar-refractivity contribution in [3.05, 3.63) is 33.9 Å². The smallest absolute Gasteiger partial charge is 0.269 e. The maximum atomic E-state index is 10.7. The van der Waals surface area contributed by atoms with Crippen LogP contribution in [0, 0.1) is 22.5 Å². The molecule has 1 saturated carbocycles. The molecule has 1 aliphatic carbocycles. The Bertz CT molecular complexity index is 495. The van der Waals surface area contributed by atoms with Gasteiger partial charge in [-0.2, -0.15) is 0 Å². The standard InChI is InChI=1S/C14H18N2O2/c1-11-9-12(16(17)18)3-4-13(11)15-8-2-5-14(10-15)6-7-14/h3-4,9H,2,5-8,10H2,1H3. The summed E-state index contributed by atoms with van der Waals surface area (Å²) in [4.78, 5) is 12.8. The van der Waals surface area contributed by atoms with E-state index in [0.29, 0.717) is 5.41 Å². The minimum absolute atomic E-state index is 0.189. The Labute approximate surface area is 107 Å². The molecular formula is C14H18N2O2. The van der Waals surface area contributed by atoms with E-state index in [1.54, 1.807) is 12.1 Å². The van der Waals surface area contributed by atoms with Crippen LogP contribution in [0.4, 0.5) is 11.4 Å². The fourth-order valence-electron chi connectivity index (χ4n) is 3.11. The highest BCUT2D eigenvalue weighted by Gasteiger charge is 2.45. The van der Waals surface area contributed by atoms with E-state index < -0.39 is 0 Å². The number of nitrogens with zero attached hydrogens (tertiary/aromatic N) is 2. The number of nitro benzene ring substituents is 1. The third kappa shape index (κ3) is 1.96. The predicted octanol–water partition coefficient (Wildman–Crippen LogP) is 3.28. The average molecular weight is 246 g/mol. The van der Waals surface area contributed by atoms with Gasteiger partial charge in [-0.1, -0.05) is 0 Å². The van der Waals surface area contributed by atoms with Crippen molar-refractivity contribution in [1.29, 1.82) is 0 Å². The predicted molar refractivity (Wildman–Crippen MR) is 70.9 cm³/mol. The Hall–Kier alpha value is -1.58. The Morgan fingerprint density at radius 2 is 2.11 bits per heavy atom. The van der Waals surface area contributed by atoms with Crippen LogP contribution in [-0.2, 0) is 0 Å². The molecule has 0 atom stereocenters. The van der Waals surface area contributed by atoms with E-state index >= 15 is 0 Å². The molecule has 1 heterocycles. The second kappa shape index (κ2) is 3.97. The van der Waals surface area contributed by atoms with Gasteiger partial charge in [0.2, 0.25) is 0 Å². The molecule has 0 unspecified atom stereocenters. The highest BCUT2D eigenvalue weighted by molar-refractivity contribution is 5.58. The van der Waals surface area contributed by atoms with Gasteiger partial charge in [-0.15, -0.1) is 0 Å². The molecule has 0 aromatic heterocycles. The largest absolute Gasteiger partial charge is 0.371 e. The second-order valence-corrected chi connectivity index (χ2v) is 5.75. The lowest BCUT2D eigenvalue weighted by atomic mass is 9.94. The van der Waals surface area contributed by atoms with Crippen molar-refractivity contribution in [3.8, 4) is 0 Å². The number of aryl methyl sites for hydroxylation is 1. The molecule has 0 N–H and O–H groups in total. The van der Waals surface area contributed by atoms with Gasteiger partial charge in [0, 0.05) is 30.9 Å². The van der Waals surface area contributed by atoms with E-state index in [1.165, 1.54) is 31.4 Å². The summed E-state index contributed by atoms with van der Waals surface area (Å²) in [6.07, 6.45) is 5.32. The van der Waals surface area contributed by atoms with Crippen LogP contribution in [0.15, 0.2) is 18.2 Å². The summed E-state index contributed by atoms with van der Waals surface area (Å²) in [5.41, 5.74) is 2.95. The fraction of sp³-hybridized carbons (Fsp3) is 0.571. The number of rotatable bonds is 2. The first-order valence-electron chi connectivity index (χ1n) is 6.60. The van der Waals surface area contributed by atoms with Gasteiger partial charge in [-0.25, -0.2) is 0 Å². The number of nitro groups is 1. The van der Waals surface area contributed by atoms with Gasteiger partial charge in [-0.3, -0.25) is 10.1 Å². The zero-order valence-corrected chi connectivity index (χ0v) is 10.7. The molecule has 18 heavy (non-hydrogen) atoms. The topological polar surface area (TPSA) is 46.4 Å². The van der Waals surface area contributed by atoms with Crippen LogP contribution in [0.5, 0.6) is 0 Å². The van der Waals surface area contributed by atoms with Crippen LogP contribution in [0.2, 0.25) is 0 Å². The molecule has 2 aliphatic rings. The van der Waals surface area contributed by atoms with Gasteiger partial charge in [0.25, 0.3) is 5.69 Å². The minimum atomic E-state index is -0.324. The van der Waals surface area contributed by atoms with Crippen LogP contribution in [0.3, 0.4) is 0 Å². The number of hydrogen-bond donors (Lipinski definition) is 0. The number of non-ortho nitro benzene ring substituents is 1. The first kappa shape index (κ1) is 11.5. The maximum absolute atomic E-state index is 10.7. The second-order valence-electron chi connectivity index (χ2n) is 5.75. The molecule has 1 aromatic rings. The molecule has 2 fully saturated rings. The van der Waals surface area contributed by atoms with Gasteiger partial charge < -0.3 is 4.90 Å². The van der Waals surface area contributed by atoms with Gasteiger partial charge in [0.15, 0.2) is 0 Å². The highest BCUT2D eigenvalue weighted by Crippen LogP contribution is 2.52. The van der Waals surface area contributed by atoms with Crippen molar-refractivity contribution in [2.45, 2.75) is 32.6 Å². The quantitative estimate of drug-likeness (QED) is 0.594. The van der Waals surface area contributed by atoms with E-state index in [0.717, 1.165) is 18.7 Å². The molecule has 0 radical (unpaired) electrons. The molecule has 1 saturated heterocycles. The molecule has 96 valence electrons. The molecule has 3 rings (SSSR count). The van der Waals surface area contributed by atoms with E-state index in [4.69, 9.17) is 0 Å². The van der Waals surface area contributed by atoms with Crippen molar-refractivity contribution in [2.75, 3.05) is 18.0 Å².